The second-order valence-corrected chi connectivity index (χ2v) is 19.8. The topological polar surface area (TPSA) is 157 Å². The number of amides is 2. The van der Waals surface area contributed by atoms with Gasteiger partial charge >= 0.3 is 6.18 Å². The van der Waals surface area contributed by atoms with Crippen molar-refractivity contribution in [1.29, 1.82) is 0 Å². The molecule has 12 nitrogen and oxygen atoms in total. The van der Waals surface area contributed by atoms with Gasteiger partial charge in [-0.3, -0.25) is 14.5 Å². The third-order valence-electron chi connectivity index (χ3n) is 11.4. The number of nitrogens with zero attached hydrogens (tertiary/aromatic N) is 3. The molecule has 0 bridgehead atoms. The lowest BCUT2D eigenvalue weighted by atomic mass is 9.67. The number of likely N-dealkylation sites (tertiary alicyclic amines) is 1. The van der Waals surface area contributed by atoms with Crippen molar-refractivity contribution in [2.45, 2.75) is 148 Å². The largest absolute Gasteiger partial charge is 0.405 e. The number of aldehydes is 2. The molecule has 0 radical (unpaired) electrons. The van der Waals surface area contributed by atoms with Crippen molar-refractivity contribution in [2.75, 3.05) is 81.6 Å². The average molecular weight is 1060 g/mol. The number of hydrogen-bond donors (Lipinski definition) is 4. The van der Waals surface area contributed by atoms with E-state index in [-0.39, 0.29) is 11.9 Å². The van der Waals surface area contributed by atoms with Crippen LogP contribution in [0.2, 0.25) is 5.02 Å². The van der Waals surface area contributed by atoms with Crippen molar-refractivity contribution >= 4 is 48.9 Å². The van der Waals surface area contributed by atoms with Crippen molar-refractivity contribution in [3.8, 4) is 0 Å². The normalized spacial score (nSPS) is 17.5. The molecule has 2 heterocycles. The summed E-state index contributed by atoms with van der Waals surface area (Å²) in [6.45, 7) is 14.8. The van der Waals surface area contributed by atoms with E-state index < -0.39 is 36.5 Å². The first-order valence-corrected chi connectivity index (χ1v) is 25.4. The molecule has 4 aliphatic rings. The van der Waals surface area contributed by atoms with Crippen LogP contribution in [0.1, 0.15) is 128 Å². The number of halogens is 7. The quantitative estimate of drug-likeness (QED) is 0.0564. The smallest absolute Gasteiger partial charge is 0.394 e. The van der Waals surface area contributed by atoms with Crippen LogP contribution in [-0.4, -0.2) is 152 Å². The number of benzene rings is 1. The fourth-order valence-corrected chi connectivity index (χ4v) is 7.45. The Balaban J connectivity index is -0.000000830. The van der Waals surface area contributed by atoms with Gasteiger partial charge in [-0.2, -0.15) is 13.2 Å². The second-order valence-electron chi connectivity index (χ2n) is 19.3. The molecule has 418 valence electrons. The number of rotatable bonds is 20. The Kier molecular flexibility index (Phi) is 42.7. The number of unbranched alkanes of at least 4 members (excludes halogenated alkanes) is 5. The first-order valence-electron chi connectivity index (χ1n) is 25.0. The minimum Gasteiger partial charge on any atom is -0.405 e. The molecule has 1 saturated heterocycles. The molecule has 3 fully saturated rings. The number of nitrogens with two attached hydrogens (primary N) is 1. The van der Waals surface area contributed by atoms with Crippen LogP contribution in [0.15, 0.2) is 37.1 Å². The number of alkyl halides is 6. The lowest BCUT2D eigenvalue weighted by Gasteiger charge is -2.45. The van der Waals surface area contributed by atoms with E-state index in [9.17, 15) is 45.5 Å². The van der Waals surface area contributed by atoms with Gasteiger partial charge in [-0.05, 0) is 128 Å². The van der Waals surface area contributed by atoms with Crippen LogP contribution < -0.4 is 21.7 Å². The van der Waals surface area contributed by atoms with E-state index in [2.05, 4.69) is 73.2 Å². The Bertz CT molecular complexity index is 1610. The highest BCUT2D eigenvalue weighted by Crippen LogP contribution is 2.59. The molecule has 5 N–H and O–H groups in total. The van der Waals surface area contributed by atoms with Crippen molar-refractivity contribution in [3.63, 3.8) is 0 Å². The number of likely N-dealkylation sites (N-methyl/N-ethyl adjacent to an activating group) is 3. The summed E-state index contributed by atoms with van der Waals surface area (Å²) >= 11 is 6.13. The maximum absolute atomic E-state index is 12.2. The minimum absolute atomic E-state index is 0.0162. The lowest BCUT2D eigenvalue weighted by Crippen LogP contribution is -2.52. The van der Waals surface area contributed by atoms with Gasteiger partial charge < -0.3 is 45.9 Å². The van der Waals surface area contributed by atoms with Gasteiger partial charge in [0.25, 0.3) is 0 Å². The van der Waals surface area contributed by atoms with Gasteiger partial charge in [0.2, 0.25) is 18.2 Å². The summed E-state index contributed by atoms with van der Waals surface area (Å²) in [5, 5.41) is 9.21. The molecule has 2 saturated carbocycles. The summed E-state index contributed by atoms with van der Waals surface area (Å²) in [7, 11) is 11.5. The summed E-state index contributed by atoms with van der Waals surface area (Å²) in [5.41, 5.74) is 6.18. The van der Waals surface area contributed by atoms with Crippen LogP contribution in [0, 0.1) is 17.3 Å². The zero-order chi connectivity index (χ0) is 55.8. The van der Waals surface area contributed by atoms with Crippen LogP contribution in [-0.2, 0) is 30.4 Å². The number of nitrogens with one attached hydrogen (secondary N) is 3. The maximum Gasteiger partial charge on any atom is 0.394 e. The Morgan fingerprint density at radius 2 is 1.56 bits per heavy atom. The van der Waals surface area contributed by atoms with E-state index in [0.29, 0.717) is 50.7 Å². The van der Waals surface area contributed by atoms with E-state index in [1.54, 1.807) is 14.1 Å². The summed E-state index contributed by atoms with van der Waals surface area (Å²) in [6, 6.07) is 5.87. The van der Waals surface area contributed by atoms with Gasteiger partial charge in [-0.25, -0.2) is 13.2 Å². The molecule has 2 amide bonds. The monoisotopic (exact) mass is 1060 g/mol. The predicted molar refractivity (Wildman–Crippen MR) is 283 cm³/mol. The van der Waals surface area contributed by atoms with Gasteiger partial charge in [-0.15, -0.1) is 0 Å². The highest BCUT2D eigenvalue weighted by molar-refractivity contribution is 6.30. The van der Waals surface area contributed by atoms with E-state index in [4.69, 9.17) is 16.4 Å². The molecule has 19 heteroatoms. The molecule has 72 heavy (non-hydrogen) atoms. The lowest BCUT2D eigenvalue weighted by molar-refractivity contribution is -0.301. The van der Waals surface area contributed by atoms with Crippen molar-refractivity contribution < 1.29 is 50.3 Å². The zero-order valence-electron chi connectivity index (χ0n) is 45.0. The number of carbonyl (C=O) groups is 5. The third kappa shape index (κ3) is 37.8. The van der Waals surface area contributed by atoms with Crippen LogP contribution >= 0.6 is 11.6 Å². The molecule has 0 spiro atoms. The van der Waals surface area contributed by atoms with E-state index in [1.807, 2.05) is 37.9 Å². The van der Waals surface area contributed by atoms with Crippen molar-refractivity contribution in [3.05, 3.63) is 53.2 Å². The molecular weight excluding hydrogens is 964 g/mol. The standard InChI is InChI=1S/C16H21ClN2O.C16H33NO.C6H7F5.C5H8FNO.C4H10N2O.C3H6.C2H5N.CH2O/c1-19(2)15(11-20)10-13-9-14(17)3-4-16(13)12-5-7-18-8-6-12;1-15(2)13-16(14-18)11-9-7-5-6-8-10-12-17(3)4;1-4(6(9,10)11)2-5(7,8)3-4;6-5-1-2-7(3-5)4-8;1-5-3-4(7)6-2;1-2-3-1;1-2-3;1-2/h3-5,9,11,15,18H,6-8,10H2,1-2H3;14-16H,5-13H2,1-4H3;2-3H2,1H3;4-5H,1-3H2;5H,3H2,1-2H3,(H,6,7);1-3H2;2H,1,3H2;1H2/t15-;16-;;;;;;/m00....../s1. The van der Waals surface area contributed by atoms with Crippen LogP contribution in [0.5, 0.6) is 0 Å². The zero-order valence-corrected chi connectivity index (χ0v) is 45.8. The molecular formula is C53H92ClF6N7O5. The van der Waals surface area contributed by atoms with Gasteiger partial charge in [0.05, 0.1) is 24.5 Å². The highest BCUT2D eigenvalue weighted by atomic mass is 35.5. The predicted octanol–water partition coefficient (Wildman–Crippen LogP) is 9.72. The fraction of sp³-hybridized carbons (Fsp3) is 0.717. The van der Waals surface area contributed by atoms with E-state index >= 15 is 0 Å². The fourth-order valence-electron chi connectivity index (χ4n) is 7.26. The Morgan fingerprint density at radius 1 is 0.986 bits per heavy atom. The molecule has 1 aromatic rings. The molecule has 1 aromatic carbocycles. The molecule has 1 unspecified atom stereocenters. The van der Waals surface area contributed by atoms with Gasteiger partial charge in [0.15, 0.2) is 0 Å². The van der Waals surface area contributed by atoms with Crippen molar-refractivity contribution in [2.24, 2.45) is 23.0 Å². The first-order chi connectivity index (χ1) is 33.9. The molecule has 2 aliphatic carbocycles. The maximum atomic E-state index is 12.2. The van der Waals surface area contributed by atoms with Gasteiger partial charge in [0.1, 0.15) is 25.5 Å². The summed E-state index contributed by atoms with van der Waals surface area (Å²) in [6.07, 6.45) is 15.7. The summed E-state index contributed by atoms with van der Waals surface area (Å²) in [5.74, 6) is -2.14. The van der Waals surface area contributed by atoms with Crippen molar-refractivity contribution in [1.82, 2.24) is 30.7 Å². The van der Waals surface area contributed by atoms with Crippen LogP contribution in [0.25, 0.3) is 5.57 Å². The van der Waals surface area contributed by atoms with Crippen LogP contribution in [0.4, 0.5) is 26.3 Å². The van der Waals surface area contributed by atoms with E-state index in [1.165, 1.54) is 86.6 Å². The third-order valence-corrected chi connectivity index (χ3v) is 11.6. The highest BCUT2D eigenvalue weighted by Gasteiger charge is 2.66. The number of hydrogen-bond acceptors (Lipinski definition) is 10. The Labute approximate surface area is 434 Å². The van der Waals surface area contributed by atoms with Gasteiger partial charge in [-0.1, -0.05) is 102 Å². The minimum atomic E-state index is -4.49. The summed E-state index contributed by atoms with van der Waals surface area (Å²) < 4.78 is 72.0. The molecule has 3 atom stereocenters. The SMILES string of the molecule is C1CC1.C=CN.C=O.CC(C)C[C@@H](C=O)CCCCCCCCN(C)C.CC1(C(F)(F)F)CC(F)(F)C1.CN(C)[C@H](C=O)Cc1cc(Cl)ccc1C1=CCNCC1.CNCC(=O)NC.O=CN1CCC(F)C1. The number of carbonyl (C=O) groups excluding carboxylic acids is 5. The Hall–Kier alpha value is -3.84. The second kappa shape index (κ2) is 42.5. The summed E-state index contributed by atoms with van der Waals surface area (Å²) in [4.78, 5) is 55.9. The van der Waals surface area contributed by atoms with E-state index in [0.717, 1.165) is 62.4 Å². The first kappa shape index (κ1) is 72.4. The van der Waals surface area contributed by atoms with Crippen LogP contribution in [0.3, 0.4) is 0 Å². The Morgan fingerprint density at radius 3 is 1.90 bits per heavy atom. The average Bonchev–Trinajstić information content (AvgIpc) is 4.15. The molecule has 2 aliphatic heterocycles. The van der Waals surface area contributed by atoms with Gasteiger partial charge in [0, 0.05) is 43.9 Å². The molecule has 0 aromatic heterocycles. The molecule has 5 rings (SSSR count).